The van der Waals surface area contributed by atoms with Gasteiger partial charge in [-0.3, -0.25) is 24.5 Å². The van der Waals surface area contributed by atoms with Crippen molar-refractivity contribution in [3.05, 3.63) is 70.4 Å². The molecule has 0 spiro atoms. The molecule has 1 aromatic heterocycles. The highest BCUT2D eigenvalue weighted by Crippen LogP contribution is 2.21. The first kappa shape index (κ1) is 20.0. The molecule has 0 radical (unpaired) electrons. The number of carbonyl (C=O) groups is 1. The summed E-state index contributed by atoms with van der Waals surface area (Å²) in [5.74, 6) is 0.108. The fourth-order valence-corrected chi connectivity index (χ4v) is 3.91. The van der Waals surface area contributed by atoms with Gasteiger partial charge in [-0.2, -0.15) is 5.10 Å². The van der Waals surface area contributed by atoms with Gasteiger partial charge >= 0.3 is 0 Å². The lowest BCUT2D eigenvalue weighted by Gasteiger charge is -2.32. The van der Waals surface area contributed by atoms with Gasteiger partial charge in [0.05, 0.1) is 23.3 Å². The van der Waals surface area contributed by atoms with Crippen LogP contribution in [0.4, 0.5) is 5.69 Å². The predicted octanol–water partition coefficient (Wildman–Crippen LogP) is 3.12. The number of hydrogen-bond acceptors (Lipinski definition) is 5. The van der Waals surface area contributed by atoms with Gasteiger partial charge in [-0.1, -0.05) is 30.3 Å². The molecule has 3 aromatic rings. The summed E-state index contributed by atoms with van der Waals surface area (Å²) in [6, 6.07) is 15.1. The van der Waals surface area contributed by atoms with Crippen LogP contribution in [-0.2, 0) is 17.9 Å². The number of non-ortho nitro benzene ring substituents is 1. The molecule has 1 N–H and O–H groups in total. The van der Waals surface area contributed by atoms with E-state index in [9.17, 15) is 14.9 Å². The Balaban J connectivity index is 1.25. The molecular weight excluding hydrogens is 382 g/mol. The number of likely N-dealkylation sites (tertiary alicyclic amines) is 1. The number of piperidine rings is 1. The van der Waals surface area contributed by atoms with Gasteiger partial charge < -0.3 is 5.32 Å². The van der Waals surface area contributed by atoms with Crippen LogP contribution in [0.1, 0.15) is 24.8 Å². The number of carbonyl (C=O) groups excluding carboxylic acids is 1. The maximum Gasteiger partial charge on any atom is 0.270 e. The van der Waals surface area contributed by atoms with Crippen molar-refractivity contribution in [3.63, 3.8) is 0 Å². The SMILES string of the molecule is O=C(CCc1ccccc1)NC1CCN(Cn2ncc3cc([N+](=O)[O-])ccc32)CC1. The Labute approximate surface area is 174 Å². The molecule has 0 aliphatic carbocycles. The Kier molecular flexibility index (Phi) is 6.04. The number of rotatable bonds is 7. The van der Waals surface area contributed by atoms with Crippen molar-refractivity contribution in [1.29, 1.82) is 0 Å². The van der Waals surface area contributed by atoms with Crippen LogP contribution in [-0.4, -0.2) is 44.6 Å². The largest absolute Gasteiger partial charge is 0.353 e. The molecular formula is C22H25N5O3. The molecule has 8 heteroatoms. The number of aryl methyl sites for hydroxylation is 1. The number of nitro benzene ring substituents is 1. The summed E-state index contributed by atoms with van der Waals surface area (Å²) in [5, 5.41) is 19.3. The third kappa shape index (κ3) is 4.83. The molecule has 0 unspecified atom stereocenters. The average Bonchev–Trinajstić information content (AvgIpc) is 3.16. The van der Waals surface area contributed by atoms with Crippen LogP contribution in [0.3, 0.4) is 0 Å². The molecule has 156 valence electrons. The Hall–Kier alpha value is -3.26. The van der Waals surface area contributed by atoms with E-state index < -0.39 is 4.92 Å². The Morgan fingerprint density at radius 1 is 1.17 bits per heavy atom. The van der Waals surface area contributed by atoms with Crippen molar-refractivity contribution < 1.29 is 9.72 Å². The highest BCUT2D eigenvalue weighted by atomic mass is 16.6. The topological polar surface area (TPSA) is 93.3 Å². The number of hydrogen-bond donors (Lipinski definition) is 1. The average molecular weight is 407 g/mol. The quantitative estimate of drug-likeness (QED) is 0.480. The van der Waals surface area contributed by atoms with E-state index in [1.165, 1.54) is 11.6 Å². The van der Waals surface area contributed by atoms with Gasteiger partial charge in [0, 0.05) is 43.1 Å². The van der Waals surface area contributed by atoms with E-state index >= 15 is 0 Å². The van der Waals surface area contributed by atoms with E-state index in [1.54, 1.807) is 18.3 Å². The van der Waals surface area contributed by atoms with Gasteiger partial charge in [0.1, 0.15) is 0 Å². The molecule has 1 amide bonds. The van der Waals surface area contributed by atoms with Gasteiger partial charge in [-0.15, -0.1) is 0 Å². The lowest BCUT2D eigenvalue weighted by molar-refractivity contribution is -0.384. The molecule has 1 aliphatic heterocycles. The van der Waals surface area contributed by atoms with Crippen LogP contribution < -0.4 is 5.32 Å². The van der Waals surface area contributed by atoms with Crippen LogP contribution >= 0.6 is 0 Å². The maximum absolute atomic E-state index is 12.3. The lowest BCUT2D eigenvalue weighted by atomic mass is 10.0. The van der Waals surface area contributed by atoms with Gasteiger partial charge in [0.2, 0.25) is 5.91 Å². The van der Waals surface area contributed by atoms with Crippen molar-refractivity contribution in [3.8, 4) is 0 Å². The zero-order valence-electron chi connectivity index (χ0n) is 16.7. The molecule has 1 saturated heterocycles. The molecule has 4 rings (SSSR count). The number of nitrogens with one attached hydrogen (secondary N) is 1. The van der Waals surface area contributed by atoms with Crippen LogP contribution in [0, 0.1) is 10.1 Å². The highest BCUT2D eigenvalue weighted by molar-refractivity contribution is 5.81. The number of nitro groups is 1. The lowest BCUT2D eigenvalue weighted by Crippen LogP contribution is -2.45. The fraction of sp³-hybridized carbons (Fsp3) is 0.364. The van der Waals surface area contributed by atoms with E-state index in [1.807, 2.05) is 35.0 Å². The van der Waals surface area contributed by atoms with Gasteiger partial charge in [0.25, 0.3) is 5.69 Å². The molecule has 0 bridgehead atoms. The normalized spacial score (nSPS) is 15.3. The minimum Gasteiger partial charge on any atom is -0.353 e. The van der Waals surface area contributed by atoms with Crippen LogP contribution in [0.15, 0.2) is 54.7 Å². The van der Waals surface area contributed by atoms with Crippen LogP contribution in [0.2, 0.25) is 0 Å². The fourth-order valence-electron chi connectivity index (χ4n) is 3.91. The van der Waals surface area contributed by atoms with Crippen molar-refractivity contribution in [2.24, 2.45) is 0 Å². The number of benzene rings is 2. The second-order valence-corrected chi connectivity index (χ2v) is 7.73. The standard InChI is InChI=1S/C22H25N5O3/c28-22(9-6-17-4-2-1-3-5-17)24-19-10-12-25(13-11-19)16-26-21-8-7-20(27(29)30)14-18(21)15-23-26/h1-5,7-8,14-15,19H,6,9-13,16H2,(H,24,28). The third-order valence-corrected chi connectivity index (χ3v) is 5.61. The van der Waals surface area contributed by atoms with Gasteiger partial charge in [-0.25, -0.2) is 0 Å². The monoisotopic (exact) mass is 407 g/mol. The van der Waals surface area contributed by atoms with Gasteiger partial charge in [-0.05, 0) is 30.9 Å². The van der Waals surface area contributed by atoms with Crippen molar-refractivity contribution in [2.75, 3.05) is 13.1 Å². The number of nitrogens with zero attached hydrogens (tertiary/aromatic N) is 4. The molecule has 2 heterocycles. The van der Waals surface area contributed by atoms with Gasteiger partial charge in [0.15, 0.2) is 0 Å². The van der Waals surface area contributed by atoms with E-state index in [2.05, 4.69) is 15.3 Å². The summed E-state index contributed by atoms with van der Waals surface area (Å²) in [4.78, 5) is 25.1. The van der Waals surface area contributed by atoms with Crippen LogP contribution in [0.5, 0.6) is 0 Å². The van der Waals surface area contributed by atoms with E-state index in [4.69, 9.17) is 0 Å². The predicted molar refractivity (Wildman–Crippen MR) is 114 cm³/mol. The molecule has 30 heavy (non-hydrogen) atoms. The molecule has 8 nitrogen and oxygen atoms in total. The summed E-state index contributed by atoms with van der Waals surface area (Å²) >= 11 is 0. The van der Waals surface area contributed by atoms with E-state index in [0.717, 1.165) is 43.3 Å². The molecule has 1 aliphatic rings. The summed E-state index contributed by atoms with van der Waals surface area (Å²) in [5.41, 5.74) is 2.14. The summed E-state index contributed by atoms with van der Waals surface area (Å²) in [7, 11) is 0. The summed E-state index contributed by atoms with van der Waals surface area (Å²) in [6.45, 7) is 2.38. The zero-order valence-corrected chi connectivity index (χ0v) is 16.7. The minimum atomic E-state index is -0.393. The first-order valence-electron chi connectivity index (χ1n) is 10.2. The molecule has 0 saturated carbocycles. The van der Waals surface area contributed by atoms with Crippen molar-refractivity contribution in [2.45, 2.75) is 38.4 Å². The van der Waals surface area contributed by atoms with E-state index in [0.29, 0.717) is 13.1 Å². The minimum absolute atomic E-state index is 0.0749. The van der Waals surface area contributed by atoms with Crippen molar-refractivity contribution in [1.82, 2.24) is 20.0 Å². The smallest absolute Gasteiger partial charge is 0.270 e. The second kappa shape index (κ2) is 9.04. The first-order valence-corrected chi connectivity index (χ1v) is 10.2. The third-order valence-electron chi connectivity index (χ3n) is 5.61. The zero-order chi connectivity index (χ0) is 20.9. The number of amides is 1. The molecule has 2 aromatic carbocycles. The Morgan fingerprint density at radius 2 is 1.93 bits per heavy atom. The highest BCUT2D eigenvalue weighted by Gasteiger charge is 2.21. The first-order chi connectivity index (χ1) is 14.6. The maximum atomic E-state index is 12.3. The van der Waals surface area contributed by atoms with Crippen molar-refractivity contribution >= 4 is 22.5 Å². The Morgan fingerprint density at radius 3 is 2.67 bits per heavy atom. The summed E-state index contributed by atoms with van der Waals surface area (Å²) < 4.78 is 1.87. The second-order valence-electron chi connectivity index (χ2n) is 7.73. The van der Waals surface area contributed by atoms with Crippen LogP contribution in [0.25, 0.3) is 10.9 Å². The Bertz CT molecular complexity index is 1030. The molecule has 1 fully saturated rings. The summed E-state index contributed by atoms with van der Waals surface area (Å²) in [6.07, 6.45) is 4.75. The number of aromatic nitrogens is 2. The molecule has 0 atom stereocenters. The van der Waals surface area contributed by atoms with E-state index in [-0.39, 0.29) is 17.6 Å². The number of fused-ring (bicyclic) bond motifs is 1.